The molecule has 0 aromatic heterocycles. The van der Waals surface area contributed by atoms with Crippen LogP contribution in [0.2, 0.25) is 0 Å². The fraction of sp³-hybridized carbons (Fsp3) is 0.474. The number of hydrogen-bond donors (Lipinski definition) is 0. The van der Waals surface area contributed by atoms with Crippen LogP contribution in [0.4, 0.5) is 4.39 Å². The van der Waals surface area contributed by atoms with Gasteiger partial charge in [-0.3, -0.25) is 19.2 Å². The van der Waals surface area contributed by atoms with Crippen molar-refractivity contribution in [1.29, 1.82) is 0 Å². The summed E-state index contributed by atoms with van der Waals surface area (Å²) in [7, 11) is 0. The van der Waals surface area contributed by atoms with Crippen LogP contribution in [0.3, 0.4) is 0 Å². The molecule has 0 heterocycles. The van der Waals surface area contributed by atoms with Gasteiger partial charge in [-0.05, 0) is 24.5 Å². The SMILES string of the molecule is O=C1CCCC(=O)C1C(c1ccccc1F)C1C(=O)CCCC1=O. The van der Waals surface area contributed by atoms with Gasteiger partial charge < -0.3 is 0 Å². The molecule has 0 spiro atoms. The topological polar surface area (TPSA) is 68.3 Å². The van der Waals surface area contributed by atoms with Crippen molar-refractivity contribution in [3.8, 4) is 0 Å². The summed E-state index contributed by atoms with van der Waals surface area (Å²) < 4.78 is 14.4. The second kappa shape index (κ2) is 6.75. The minimum atomic E-state index is -1.09. The van der Waals surface area contributed by atoms with Gasteiger partial charge in [0.2, 0.25) is 0 Å². The van der Waals surface area contributed by atoms with E-state index in [1.165, 1.54) is 18.2 Å². The second-order valence-corrected chi connectivity index (χ2v) is 6.57. The van der Waals surface area contributed by atoms with E-state index in [0.717, 1.165) is 0 Å². The summed E-state index contributed by atoms with van der Waals surface area (Å²) in [5.41, 5.74) is 0.125. The van der Waals surface area contributed by atoms with E-state index in [1.807, 2.05) is 0 Å². The van der Waals surface area contributed by atoms with Crippen LogP contribution < -0.4 is 0 Å². The lowest BCUT2D eigenvalue weighted by Gasteiger charge is -2.34. The van der Waals surface area contributed by atoms with Crippen LogP contribution in [0.1, 0.15) is 50.0 Å². The third-order valence-electron chi connectivity index (χ3n) is 5.06. The molecule has 126 valence electrons. The van der Waals surface area contributed by atoms with Crippen molar-refractivity contribution in [1.82, 2.24) is 0 Å². The molecule has 1 aromatic carbocycles. The summed E-state index contributed by atoms with van der Waals surface area (Å²) in [5, 5.41) is 0. The lowest BCUT2D eigenvalue weighted by Crippen LogP contribution is -2.43. The van der Waals surface area contributed by atoms with E-state index in [-0.39, 0.29) is 54.4 Å². The number of rotatable bonds is 3. The van der Waals surface area contributed by atoms with Gasteiger partial charge in [-0.15, -0.1) is 0 Å². The molecule has 24 heavy (non-hydrogen) atoms. The smallest absolute Gasteiger partial charge is 0.144 e. The van der Waals surface area contributed by atoms with Crippen molar-refractivity contribution < 1.29 is 23.6 Å². The van der Waals surface area contributed by atoms with Crippen LogP contribution >= 0.6 is 0 Å². The van der Waals surface area contributed by atoms with Gasteiger partial charge in [0, 0.05) is 31.6 Å². The molecule has 0 aliphatic heterocycles. The molecule has 0 saturated heterocycles. The van der Waals surface area contributed by atoms with Crippen molar-refractivity contribution in [2.75, 3.05) is 0 Å². The molecule has 3 rings (SSSR count). The van der Waals surface area contributed by atoms with Crippen molar-refractivity contribution >= 4 is 23.1 Å². The zero-order valence-electron chi connectivity index (χ0n) is 13.3. The molecule has 1 aromatic rings. The Kier molecular flexibility index (Phi) is 4.69. The van der Waals surface area contributed by atoms with E-state index in [0.29, 0.717) is 12.8 Å². The number of halogens is 1. The Morgan fingerprint density at radius 1 is 0.750 bits per heavy atom. The van der Waals surface area contributed by atoms with Crippen LogP contribution in [0, 0.1) is 17.7 Å². The Bertz CT molecular complexity index is 639. The molecule has 0 atom stereocenters. The maximum absolute atomic E-state index is 14.4. The zero-order chi connectivity index (χ0) is 17.3. The molecule has 0 radical (unpaired) electrons. The number of hydrogen-bond acceptors (Lipinski definition) is 4. The van der Waals surface area contributed by atoms with Crippen LogP contribution in [0.15, 0.2) is 24.3 Å². The highest BCUT2D eigenvalue weighted by Crippen LogP contribution is 2.41. The molecule has 0 bridgehead atoms. The van der Waals surface area contributed by atoms with Gasteiger partial charge in [-0.2, -0.15) is 0 Å². The highest BCUT2D eigenvalue weighted by Gasteiger charge is 2.47. The first-order valence-corrected chi connectivity index (χ1v) is 8.36. The quantitative estimate of drug-likeness (QED) is 0.799. The number of ketones is 4. The lowest BCUT2D eigenvalue weighted by molar-refractivity contribution is -0.141. The van der Waals surface area contributed by atoms with Gasteiger partial charge in [0.05, 0.1) is 11.8 Å². The van der Waals surface area contributed by atoms with Crippen molar-refractivity contribution in [3.05, 3.63) is 35.6 Å². The van der Waals surface area contributed by atoms with Gasteiger partial charge in [0.25, 0.3) is 0 Å². The molecule has 4 nitrogen and oxygen atoms in total. The molecule has 2 saturated carbocycles. The van der Waals surface area contributed by atoms with Crippen LogP contribution in [0.5, 0.6) is 0 Å². The summed E-state index contributed by atoms with van der Waals surface area (Å²) >= 11 is 0. The minimum absolute atomic E-state index is 0.125. The minimum Gasteiger partial charge on any atom is -0.299 e. The van der Waals surface area contributed by atoms with E-state index in [9.17, 15) is 23.6 Å². The number of benzene rings is 1. The normalized spacial score (nSPS) is 20.9. The Hall–Kier alpha value is -2.17. The third-order valence-corrected chi connectivity index (χ3v) is 5.06. The highest BCUT2D eigenvalue weighted by molar-refractivity contribution is 6.10. The molecule has 5 heteroatoms. The first-order chi connectivity index (χ1) is 11.5. The fourth-order valence-electron chi connectivity index (χ4n) is 3.95. The van der Waals surface area contributed by atoms with Crippen LogP contribution in [-0.2, 0) is 19.2 Å². The molecular weight excluding hydrogens is 311 g/mol. The second-order valence-electron chi connectivity index (χ2n) is 6.57. The number of carbonyl (C=O) groups is 4. The summed E-state index contributed by atoms with van der Waals surface area (Å²) in [6.45, 7) is 0. The molecular formula is C19H19FO4. The van der Waals surface area contributed by atoms with E-state index < -0.39 is 23.6 Å². The molecule has 0 amide bonds. The zero-order valence-corrected chi connectivity index (χ0v) is 13.3. The number of Topliss-reactive ketones (excluding diaryl/α,β-unsaturated/α-hetero) is 4. The summed E-state index contributed by atoms with van der Waals surface area (Å²) in [6.07, 6.45) is 1.88. The van der Waals surface area contributed by atoms with Crippen LogP contribution in [0.25, 0.3) is 0 Å². The Balaban J connectivity index is 2.12. The van der Waals surface area contributed by atoms with Crippen molar-refractivity contribution in [2.45, 2.75) is 44.4 Å². The summed E-state index contributed by atoms with van der Waals surface area (Å²) in [6, 6.07) is 5.81. The third kappa shape index (κ3) is 2.95. The predicted molar refractivity (Wildman–Crippen MR) is 83.9 cm³/mol. The van der Waals surface area contributed by atoms with Crippen LogP contribution in [-0.4, -0.2) is 23.1 Å². The Labute approximate surface area is 139 Å². The maximum atomic E-state index is 14.4. The molecule has 2 fully saturated rings. The lowest BCUT2D eigenvalue weighted by atomic mass is 9.65. The van der Waals surface area contributed by atoms with Gasteiger partial charge in [0.1, 0.15) is 29.0 Å². The number of carbonyl (C=O) groups excluding carboxylic acids is 4. The molecule has 2 aliphatic rings. The average molecular weight is 330 g/mol. The van der Waals surface area contributed by atoms with Gasteiger partial charge in [-0.25, -0.2) is 4.39 Å². The van der Waals surface area contributed by atoms with E-state index in [1.54, 1.807) is 6.07 Å². The Morgan fingerprint density at radius 2 is 1.17 bits per heavy atom. The van der Waals surface area contributed by atoms with Crippen molar-refractivity contribution in [2.24, 2.45) is 11.8 Å². The Morgan fingerprint density at radius 3 is 1.58 bits per heavy atom. The summed E-state index contributed by atoms with van der Waals surface area (Å²) in [4.78, 5) is 49.7. The first kappa shape index (κ1) is 16.7. The standard InChI is InChI=1S/C19H19FO4/c20-12-6-2-1-5-11(12)17(18-13(21)7-3-8-14(18)22)19-15(23)9-4-10-16(19)24/h1-2,5-6,17-19H,3-4,7-10H2. The molecule has 0 unspecified atom stereocenters. The van der Waals surface area contributed by atoms with E-state index >= 15 is 0 Å². The van der Waals surface area contributed by atoms with Crippen molar-refractivity contribution in [3.63, 3.8) is 0 Å². The van der Waals surface area contributed by atoms with Gasteiger partial charge in [0.15, 0.2) is 0 Å². The van der Waals surface area contributed by atoms with Gasteiger partial charge in [-0.1, -0.05) is 18.2 Å². The first-order valence-electron chi connectivity index (χ1n) is 8.36. The molecule has 2 aliphatic carbocycles. The monoisotopic (exact) mass is 330 g/mol. The van der Waals surface area contributed by atoms with E-state index in [2.05, 4.69) is 0 Å². The highest BCUT2D eigenvalue weighted by atomic mass is 19.1. The maximum Gasteiger partial charge on any atom is 0.144 e. The fourth-order valence-corrected chi connectivity index (χ4v) is 3.95. The largest absolute Gasteiger partial charge is 0.299 e. The average Bonchev–Trinajstić information content (AvgIpc) is 2.53. The summed E-state index contributed by atoms with van der Waals surface area (Å²) in [5.74, 6) is -4.92. The van der Waals surface area contributed by atoms with Gasteiger partial charge >= 0.3 is 0 Å². The van der Waals surface area contributed by atoms with E-state index in [4.69, 9.17) is 0 Å². The predicted octanol–water partition coefficient (Wildman–Crippen LogP) is 2.79. The molecule has 0 N–H and O–H groups in total.